The fraction of sp³-hybridized carbons (Fsp3) is 0.821. The van der Waals surface area contributed by atoms with E-state index in [1.165, 1.54) is 0 Å². The molecule has 0 amide bonds. The monoisotopic (exact) mass is 560 g/mol. The van der Waals surface area contributed by atoms with Crippen molar-refractivity contribution in [3.63, 3.8) is 0 Å². The molecule has 0 aromatic heterocycles. The minimum Gasteiger partial charge on any atom is -0.508 e. The molecule has 0 aliphatic carbocycles. The molecule has 0 saturated heterocycles. The zero-order valence-electron chi connectivity index (χ0n) is 26.1. The molecule has 0 aliphatic rings. The molecule has 9 heteroatoms. The van der Waals surface area contributed by atoms with Crippen molar-refractivity contribution >= 4 is 22.6 Å². The molecule has 7 nitrogen and oxygen atoms in total. The quantitative estimate of drug-likeness (QED) is 0.0740. The van der Waals surface area contributed by atoms with Crippen LogP contribution in [0.3, 0.4) is 0 Å². The van der Waals surface area contributed by atoms with Gasteiger partial charge in [0, 0.05) is 25.6 Å². The molecule has 0 radical (unpaired) electrons. The summed E-state index contributed by atoms with van der Waals surface area (Å²) in [7, 11) is -1.06. The Morgan fingerprint density at radius 2 is 1.43 bits per heavy atom. The van der Waals surface area contributed by atoms with Crippen LogP contribution in [-0.4, -0.2) is 65.9 Å². The van der Waals surface area contributed by atoms with E-state index in [0.717, 1.165) is 12.7 Å². The van der Waals surface area contributed by atoms with Gasteiger partial charge in [-0.1, -0.05) is 54.5 Å². The lowest BCUT2D eigenvalue weighted by Crippen LogP contribution is -2.45. The first-order valence-corrected chi connectivity index (χ1v) is 19.1. The highest BCUT2D eigenvalue weighted by atomic mass is 28.4. The fourth-order valence-electron chi connectivity index (χ4n) is 3.26. The molecule has 0 rings (SSSR count). The maximum Gasteiger partial charge on any atom is 0.376 e. The van der Waals surface area contributed by atoms with Crippen LogP contribution in [0.1, 0.15) is 74.7 Å². The summed E-state index contributed by atoms with van der Waals surface area (Å²) in [6.07, 6.45) is 3.68. The van der Waals surface area contributed by atoms with Crippen molar-refractivity contribution in [1.29, 1.82) is 0 Å². The summed E-state index contributed by atoms with van der Waals surface area (Å²) in [6.45, 7) is 26.7. The van der Waals surface area contributed by atoms with Gasteiger partial charge in [0.1, 0.15) is 5.76 Å². The first-order valence-electron chi connectivity index (χ1n) is 13.3. The molecule has 0 saturated carbocycles. The Morgan fingerprint density at radius 1 is 0.919 bits per heavy atom. The molecule has 0 heterocycles. The largest absolute Gasteiger partial charge is 0.508 e. The minimum absolute atomic E-state index is 0.0342. The van der Waals surface area contributed by atoms with E-state index in [-0.39, 0.29) is 28.0 Å². The number of hydrogen-bond acceptors (Lipinski definition) is 7. The van der Waals surface area contributed by atoms with Gasteiger partial charge in [0.15, 0.2) is 16.6 Å². The lowest BCUT2D eigenvalue weighted by atomic mass is 9.96. The van der Waals surface area contributed by atoms with Crippen molar-refractivity contribution in [2.24, 2.45) is 5.92 Å². The number of esters is 1. The molecule has 0 aromatic carbocycles. The third kappa shape index (κ3) is 11.2. The summed E-state index contributed by atoms with van der Waals surface area (Å²) in [5.74, 6) is -2.48. The summed E-state index contributed by atoms with van der Waals surface area (Å²) in [6, 6.07) is 0. The second-order valence-corrected chi connectivity index (χ2v) is 22.7. The molecule has 0 spiro atoms. The Morgan fingerprint density at radius 3 is 1.86 bits per heavy atom. The molecule has 218 valence electrons. The van der Waals surface area contributed by atoms with Crippen molar-refractivity contribution in [2.45, 2.75) is 123 Å². The molecule has 3 atom stereocenters. The molecule has 0 bridgehead atoms. The smallest absolute Gasteiger partial charge is 0.376 e. The SMILES string of the molecule is COC(=O)/C(O)=C(\O)[C@H](C)CC[C@@H](C[C@H](OC)/C(C)=C/CO[Si](C)(C)C(C)(C)C)O[Si](C)(C)C(C)(C)C. The van der Waals surface area contributed by atoms with Gasteiger partial charge in [0.2, 0.25) is 5.76 Å². The summed E-state index contributed by atoms with van der Waals surface area (Å²) in [5.41, 5.74) is 1.10. The van der Waals surface area contributed by atoms with E-state index in [9.17, 15) is 15.0 Å². The Hall–Kier alpha value is -1.14. The molecule has 37 heavy (non-hydrogen) atoms. The van der Waals surface area contributed by atoms with Crippen LogP contribution >= 0.6 is 0 Å². The normalized spacial score (nSPS) is 17.2. The zero-order chi connectivity index (χ0) is 29.4. The lowest BCUT2D eigenvalue weighted by Gasteiger charge is -2.40. The average Bonchev–Trinajstić information content (AvgIpc) is 2.76. The Balaban J connectivity index is 5.72. The second kappa shape index (κ2) is 14.3. The van der Waals surface area contributed by atoms with Crippen molar-refractivity contribution < 1.29 is 33.3 Å². The molecule has 2 N–H and O–H groups in total. The summed E-state index contributed by atoms with van der Waals surface area (Å²) >= 11 is 0. The standard InChI is InChI=1S/C28H56O7Si2/c1-20(17-18-34-36(11,12)27(3,4)5)23(32-9)19-22(35-37(13,14)28(6,7)8)16-15-21(2)24(29)25(30)26(31)33-10/h17,21-23,29-30H,15-16,18-19H2,1-14H3/b20-17+,25-24+/t21-,22+,23+/m1/s1. The van der Waals surface area contributed by atoms with Gasteiger partial charge in [-0.15, -0.1) is 0 Å². The van der Waals surface area contributed by atoms with Crippen molar-refractivity contribution in [2.75, 3.05) is 20.8 Å². The predicted octanol–water partition coefficient (Wildman–Crippen LogP) is 7.67. The molecule has 0 aliphatic heterocycles. The molecule has 0 fully saturated rings. The van der Waals surface area contributed by atoms with Gasteiger partial charge in [-0.3, -0.25) is 0 Å². The molecule has 0 aromatic rings. The van der Waals surface area contributed by atoms with E-state index in [2.05, 4.69) is 85.5 Å². The third-order valence-corrected chi connectivity index (χ3v) is 17.2. The summed E-state index contributed by atoms with van der Waals surface area (Å²) < 4.78 is 23.6. The maximum absolute atomic E-state index is 11.6. The van der Waals surface area contributed by atoms with E-state index in [4.69, 9.17) is 13.6 Å². The lowest BCUT2D eigenvalue weighted by molar-refractivity contribution is -0.139. The van der Waals surface area contributed by atoms with Crippen LogP contribution < -0.4 is 0 Å². The van der Waals surface area contributed by atoms with Gasteiger partial charge in [-0.25, -0.2) is 4.79 Å². The van der Waals surface area contributed by atoms with E-state index in [0.29, 0.717) is 25.9 Å². The Labute approximate surface area is 228 Å². The van der Waals surface area contributed by atoms with Crippen LogP contribution in [-0.2, 0) is 23.1 Å². The highest BCUT2D eigenvalue weighted by Crippen LogP contribution is 2.39. The van der Waals surface area contributed by atoms with E-state index >= 15 is 0 Å². The number of aliphatic hydroxyl groups is 2. The van der Waals surface area contributed by atoms with Crippen molar-refractivity contribution in [3.8, 4) is 0 Å². The number of allylic oxidation sites excluding steroid dienone is 1. The van der Waals surface area contributed by atoms with Crippen LogP contribution in [0.15, 0.2) is 23.2 Å². The predicted molar refractivity (Wildman–Crippen MR) is 157 cm³/mol. The number of ether oxygens (including phenoxy) is 2. The van der Waals surface area contributed by atoms with Gasteiger partial charge in [0.25, 0.3) is 0 Å². The van der Waals surface area contributed by atoms with Crippen molar-refractivity contribution in [3.05, 3.63) is 23.2 Å². The van der Waals surface area contributed by atoms with Crippen LogP contribution in [0.25, 0.3) is 0 Å². The Kier molecular flexibility index (Phi) is 13.9. The first-order chi connectivity index (χ1) is 16.6. The van der Waals surface area contributed by atoms with Gasteiger partial charge in [-0.2, -0.15) is 0 Å². The third-order valence-electron chi connectivity index (χ3n) is 8.20. The number of rotatable bonds is 14. The zero-order valence-corrected chi connectivity index (χ0v) is 28.1. The van der Waals surface area contributed by atoms with Gasteiger partial charge in [0.05, 0.1) is 19.8 Å². The number of aliphatic hydroxyl groups excluding tert-OH is 2. The topological polar surface area (TPSA) is 94.5 Å². The van der Waals surface area contributed by atoms with Crippen molar-refractivity contribution in [1.82, 2.24) is 0 Å². The van der Waals surface area contributed by atoms with E-state index in [1.54, 1.807) is 14.0 Å². The highest BCUT2D eigenvalue weighted by molar-refractivity contribution is 6.74. The number of hydrogen-bond donors (Lipinski definition) is 2. The second-order valence-electron chi connectivity index (χ2n) is 13.2. The van der Waals surface area contributed by atoms with E-state index in [1.807, 2.05) is 0 Å². The van der Waals surface area contributed by atoms with Gasteiger partial charge in [-0.05, 0) is 61.6 Å². The maximum atomic E-state index is 11.6. The van der Waals surface area contributed by atoms with Gasteiger partial charge < -0.3 is 28.5 Å². The highest BCUT2D eigenvalue weighted by Gasteiger charge is 2.40. The van der Waals surface area contributed by atoms with Crippen LogP contribution in [0.4, 0.5) is 0 Å². The first kappa shape index (κ1) is 35.9. The minimum atomic E-state index is -2.09. The molecular weight excluding hydrogens is 504 g/mol. The molecular formula is C28H56O7Si2. The van der Waals surface area contributed by atoms with Crippen LogP contribution in [0.2, 0.25) is 36.3 Å². The van der Waals surface area contributed by atoms with Crippen LogP contribution in [0, 0.1) is 5.92 Å². The van der Waals surface area contributed by atoms with E-state index < -0.39 is 34.3 Å². The number of methoxy groups -OCH3 is 2. The number of carbonyl (C=O) groups excluding carboxylic acids is 1. The summed E-state index contributed by atoms with van der Waals surface area (Å²) in [4.78, 5) is 11.6. The Bertz CT molecular complexity index is 789. The van der Waals surface area contributed by atoms with Gasteiger partial charge >= 0.3 is 5.97 Å². The van der Waals surface area contributed by atoms with Crippen LogP contribution in [0.5, 0.6) is 0 Å². The average molecular weight is 561 g/mol. The number of carbonyl (C=O) groups is 1. The molecule has 0 unspecified atom stereocenters. The summed E-state index contributed by atoms with van der Waals surface area (Å²) in [5, 5.41) is 20.5. The fourth-order valence-corrected chi connectivity index (χ4v) is 5.60.